The average molecular weight is 312 g/mol. The normalized spacial score (nSPS) is 25.5. The van der Waals surface area contributed by atoms with Crippen molar-refractivity contribution in [3.63, 3.8) is 0 Å². The molecule has 0 amide bonds. The first-order valence-corrected chi connectivity index (χ1v) is 7.47. The van der Waals surface area contributed by atoms with Crippen molar-refractivity contribution < 1.29 is 19.4 Å². The van der Waals surface area contributed by atoms with Gasteiger partial charge in [-0.05, 0) is 13.0 Å². The van der Waals surface area contributed by atoms with Gasteiger partial charge in [0.2, 0.25) is 0 Å². The molecule has 1 saturated heterocycles. The monoisotopic (exact) mass is 312 g/mol. The van der Waals surface area contributed by atoms with Crippen LogP contribution in [0.4, 0.5) is 5.69 Å². The van der Waals surface area contributed by atoms with E-state index in [1.54, 1.807) is 17.3 Å². The molecule has 2 unspecified atom stereocenters. The molecule has 1 aliphatic heterocycles. The number of carbonyl (C=O) groups excluding carboxylic acids is 1. The predicted molar refractivity (Wildman–Crippen MR) is 81.4 cm³/mol. The van der Waals surface area contributed by atoms with Gasteiger partial charge in [-0.3, -0.25) is 0 Å². The molecule has 2 rings (SSSR count). The zero-order valence-electron chi connectivity index (χ0n) is 12.6. The number of aliphatic imine (C=N–C) groups is 1. The van der Waals surface area contributed by atoms with Gasteiger partial charge in [-0.1, -0.05) is 0 Å². The summed E-state index contributed by atoms with van der Waals surface area (Å²) in [7, 11) is 5.02. The maximum Gasteiger partial charge on any atom is 0.350 e. The van der Waals surface area contributed by atoms with Crippen LogP contribution in [0.3, 0.4) is 0 Å². The van der Waals surface area contributed by atoms with Gasteiger partial charge in [0.15, 0.2) is 0 Å². The maximum absolute atomic E-state index is 11.9. The number of ether oxygens (including phenoxy) is 2. The van der Waals surface area contributed by atoms with Gasteiger partial charge in [0, 0.05) is 25.4 Å². The number of rotatable bonds is 4. The molecule has 1 aromatic rings. The highest BCUT2D eigenvalue weighted by Gasteiger charge is 2.43. The highest BCUT2D eigenvalue weighted by Crippen LogP contribution is 2.43. The SMILES string of the molecule is COC(=O)c1sc(C2(O)CCOC2C)cc1/N=C/N(C)C. The fraction of sp³-hybridized carbons (Fsp3) is 0.571. The van der Waals surface area contributed by atoms with Gasteiger partial charge in [-0.15, -0.1) is 11.3 Å². The zero-order valence-corrected chi connectivity index (χ0v) is 13.4. The van der Waals surface area contributed by atoms with Crippen molar-refractivity contribution in [2.45, 2.75) is 25.0 Å². The van der Waals surface area contributed by atoms with Gasteiger partial charge in [-0.25, -0.2) is 9.79 Å². The first kappa shape index (κ1) is 15.9. The van der Waals surface area contributed by atoms with E-state index in [-0.39, 0.29) is 6.10 Å². The van der Waals surface area contributed by atoms with Gasteiger partial charge in [0.25, 0.3) is 0 Å². The largest absolute Gasteiger partial charge is 0.465 e. The fourth-order valence-corrected chi connectivity index (χ4v) is 3.38. The van der Waals surface area contributed by atoms with E-state index >= 15 is 0 Å². The standard InChI is InChI=1S/C14H20N2O4S/c1-9-14(18,5-6-20-9)11-7-10(15-8-16(2)3)12(21-11)13(17)19-4/h7-9,18H,5-6H2,1-4H3/b15-8+. The van der Waals surface area contributed by atoms with Crippen molar-refractivity contribution >= 4 is 29.3 Å². The summed E-state index contributed by atoms with van der Waals surface area (Å²) in [4.78, 5) is 19.0. The first-order chi connectivity index (χ1) is 9.88. The molecule has 2 atom stereocenters. The maximum atomic E-state index is 11.9. The highest BCUT2D eigenvalue weighted by atomic mass is 32.1. The van der Waals surface area contributed by atoms with E-state index in [1.165, 1.54) is 18.4 Å². The Labute approximate surface area is 128 Å². The van der Waals surface area contributed by atoms with Crippen LogP contribution in [0.15, 0.2) is 11.1 Å². The third-order valence-corrected chi connectivity index (χ3v) is 4.73. The van der Waals surface area contributed by atoms with Gasteiger partial charge in [0.05, 0.1) is 31.8 Å². The molecule has 0 bridgehead atoms. The third kappa shape index (κ3) is 3.09. The lowest BCUT2D eigenvalue weighted by Gasteiger charge is -2.24. The number of carbonyl (C=O) groups is 1. The molecular formula is C14H20N2O4S. The van der Waals surface area contributed by atoms with Crippen LogP contribution in [-0.4, -0.2) is 56.2 Å². The summed E-state index contributed by atoms with van der Waals surface area (Å²) in [6.45, 7) is 2.33. The second-order valence-electron chi connectivity index (χ2n) is 5.21. The minimum absolute atomic E-state index is 0.313. The molecule has 0 saturated carbocycles. The first-order valence-electron chi connectivity index (χ1n) is 6.65. The van der Waals surface area contributed by atoms with Crippen LogP contribution in [0.25, 0.3) is 0 Å². The summed E-state index contributed by atoms with van der Waals surface area (Å²) in [6, 6.07) is 1.74. The second-order valence-corrected chi connectivity index (χ2v) is 6.26. The lowest BCUT2D eigenvalue weighted by atomic mass is 9.95. The Balaban J connectivity index is 2.43. The second kappa shape index (κ2) is 6.13. The lowest BCUT2D eigenvalue weighted by Crippen LogP contribution is -2.32. The zero-order chi connectivity index (χ0) is 15.6. The van der Waals surface area contributed by atoms with Crippen LogP contribution in [0.1, 0.15) is 27.9 Å². The summed E-state index contributed by atoms with van der Waals surface area (Å²) in [6.07, 6.45) is 1.80. The number of methoxy groups -OCH3 is 1. The lowest BCUT2D eigenvalue weighted by molar-refractivity contribution is -0.0290. The number of nitrogens with zero attached hydrogens (tertiary/aromatic N) is 2. The Morgan fingerprint density at radius 1 is 1.67 bits per heavy atom. The van der Waals surface area contributed by atoms with Gasteiger partial charge in [0.1, 0.15) is 10.5 Å². The Hall–Kier alpha value is -1.44. The Bertz CT molecular complexity index is 555. The molecule has 0 aliphatic carbocycles. The molecule has 0 aromatic carbocycles. The van der Waals surface area contributed by atoms with Crippen LogP contribution in [0.2, 0.25) is 0 Å². The molecule has 21 heavy (non-hydrogen) atoms. The smallest absolute Gasteiger partial charge is 0.350 e. The molecule has 2 heterocycles. The number of aliphatic hydroxyl groups is 1. The summed E-state index contributed by atoms with van der Waals surface area (Å²) in [5, 5.41) is 10.8. The Morgan fingerprint density at radius 3 is 2.90 bits per heavy atom. The van der Waals surface area contributed by atoms with Gasteiger partial charge >= 0.3 is 5.97 Å². The summed E-state index contributed by atoms with van der Waals surface area (Å²) in [5.41, 5.74) is -0.567. The van der Waals surface area contributed by atoms with Crippen molar-refractivity contribution in [1.82, 2.24) is 4.90 Å². The quantitative estimate of drug-likeness (QED) is 0.521. The number of hydrogen-bond donors (Lipinski definition) is 1. The van der Waals surface area contributed by atoms with E-state index in [4.69, 9.17) is 9.47 Å². The van der Waals surface area contributed by atoms with E-state index in [9.17, 15) is 9.90 Å². The number of hydrogen-bond acceptors (Lipinski definition) is 6. The molecule has 6 nitrogen and oxygen atoms in total. The van der Waals surface area contributed by atoms with E-state index in [2.05, 4.69) is 4.99 Å². The predicted octanol–water partition coefficient (Wildman–Crippen LogP) is 1.75. The molecule has 0 radical (unpaired) electrons. The fourth-order valence-electron chi connectivity index (χ4n) is 2.16. The van der Waals surface area contributed by atoms with Crippen LogP contribution >= 0.6 is 11.3 Å². The van der Waals surface area contributed by atoms with Crippen molar-refractivity contribution in [2.75, 3.05) is 27.8 Å². The molecule has 1 N–H and O–H groups in total. The Morgan fingerprint density at radius 2 is 2.38 bits per heavy atom. The molecule has 1 fully saturated rings. The van der Waals surface area contributed by atoms with Crippen molar-refractivity contribution in [1.29, 1.82) is 0 Å². The minimum atomic E-state index is -1.07. The molecule has 0 spiro atoms. The number of esters is 1. The topological polar surface area (TPSA) is 71.4 Å². The third-order valence-electron chi connectivity index (χ3n) is 3.46. The summed E-state index contributed by atoms with van der Waals surface area (Å²) in [5.74, 6) is -0.452. The Kier molecular flexibility index (Phi) is 4.65. The van der Waals surface area contributed by atoms with Gasteiger partial charge < -0.3 is 19.5 Å². The van der Waals surface area contributed by atoms with Crippen LogP contribution in [0.5, 0.6) is 0 Å². The number of thiophene rings is 1. The van der Waals surface area contributed by atoms with Crippen LogP contribution in [0, 0.1) is 0 Å². The molecular weight excluding hydrogens is 292 g/mol. The van der Waals surface area contributed by atoms with Crippen molar-refractivity contribution in [3.8, 4) is 0 Å². The van der Waals surface area contributed by atoms with E-state index in [0.717, 1.165) is 0 Å². The van der Waals surface area contributed by atoms with E-state index in [0.29, 0.717) is 28.5 Å². The van der Waals surface area contributed by atoms with Crippen molar-refractivity contribution in [2.24, 2.45) is 4.99 Å². The minimum Gasteiger partial charge on any atom is -0.465 e. The highest BCUT2D eigenvalue weighted by molar-refractivity contribution is 7.14. The van der Waals surface area contributed by atoms with Gasteiger partial charge in [-0.2, -0.15) is 0 Å². The molecule has 7 heteroatoms. The van der Waals surface area contributed by atoms with E-state index < -0.39 is 11.6 Å². The summed E-state index contributed by atoms with van der Waals surface area (Å²) < 4.78 is 10.2. The van der Waals surface area contributed by atoms with Crippen molar-refractivity contribution in [3.05, 3.63) is 15.8 Å². The summed E-state index contributed by atoms with van der Waals surface area (Å²) >= 11 is 1.21. The molecule has 116 valence electrons. The van der Waals surface area contributed by atoms with Crippen LogP contribution < -0.4 is 0 Å². The molecule has 1 aliphatic rings. The van der Waals surface area contributed by atoms with E-state index in [1.807, 2.05) is 21.0 Å². The average Bonchev–Trinajstić information content (AvgIpc) is 3.01. The molecule has 1 aromatic heterocycles. The van der Waals surface area contributed by atoms with Crippen LogP contribution in [-0.2, 0) is 15.1 Å².